The number of benzene rings is 3. The van der Waals surface area contributed by atoms with Crippen LogP contribution in [0.1, 0.15) is 11.1 Å². The fraction of sp³-hybridized carbons (Fsp3) is 0.154. The van der Waals surface area contributed by atoms with E-state index in [-0.39, 0.29) is 5.56 Å². The van der Waals surface area contributed by atoms with Gasteiger partial charge in [-0.15, -0.1) is 0 Å². The SMILES string of the molecule is COc1cc(/C=c2\sc3nc4ccccc4n3c2=O)ccc1OCCOc1ccc(C)cc1. The van der Waals surface area contributed by atoms with E-state index < -0.39 is 0 Å². The molecular weight excluding hydrogens is 436 g/mol. The van der Waals surface area contributed by atoms with Gasteiger partial charge in [0.25, 0.3) is 5.56 Å². The molecule has 0 fully saturated rings. The number of rotatable bonds is 7. The van der Waals surface area contributed by atoms with Gasteiger partial charge in [-0.3, -0.25) is 4.79 Å². The summed E-state index contributed by atoms with van der Waals surface area (Å²) in [4.78, 5) is 18.2. The van der Waals surface area contributed by atoms with Gasteiger partial charge < -0.3 is 14.2 Å². The second kappa shape index (κ2) is 8.96. The molecule has 5 rings (SSSR count). The van der Waals surface area contributed by atoms with Crippen LogP contribution in [0.2, 0.25) is 0 Å². The van der Waals surface area contributed by atoms with Crippen molar-refractivity contribution in [2.24, 2.45) is 0 Å². The number of thiazole rings is 1. The van der Waals surface area contributed by atoms with Crippen LogP contribution in [0.5, 0.6) is 17.2 Å². The Kier molecular flexibility index (Phi) is 5.71. The minimum Gasteiger partial charge on any atom is -0.493 e. The van der Waals surface area contributed by atoms with Gasteiger partial charge in [0, 0.05) is 0 Å². The molecule has 7 heteroatoms. The number of hydrogen-bond acceptors (Lipinski definition) is 6. The molecular formula is C26H22N2O4S. The van der Waals surface area contributed by atoms with Crippen LogP contribution in [-0.2, 0) is 0 Å². The smallest absolute Gasteiger partial charge is 0.274 e. The largest absolute Gasteiger partial charge is 0.493 e. The third-order valence-electron chi connectivity index (χ3n) is 5.26. The van der Waals surface area contributed by atoms with Crippen LogP contribution < -0.4 is 24.3 Å². The zero-order valence-corrected chi connectivity index (χ0v) is 19.1. The molecule has 0 aliphatic heterocycles. The van der Waals surface area contributed by atoms with Gasteiger partial charge in [-0.25, -0.2) is 9.38 Å². The summed E-state index contributed by atoms with van der Waals surface area (Å²) in [6, 6.07) is 21.1. The topological polar surface area (TPSA) is 62.1 Å². The van der Waals surface area contributed by atoms with Gasteiger partial charge in [0.2, 0.25) is 0 Å². The van der Waals surface area contributed by atoms with E-state index in [2.05, 4.69) is 4.98 Å². The molecule has 6 nitrogen and oxygen atoms in total. The predicted octanol–water partition coefficient (Wildman–Crippen LogP) is 4.23. The zero-order chi connectivity index (χ0) is 22.8. The van der Waals surface area contributed by atoms with E-state index in [0.717, 1.165) is 22.3 Å². The first-order valence-electron chi connectivity index (χ1n) is 10.5. The number of fused-ring (bicyclic) bond motifs is 3. The first kappa shape index (κ1) is 21.0. The highest BCUT2D eigenvalue weighted by Crippen LogP contribution is 2.28. The van der Waals surface area contributed by atoms with Crippen LogP contribution >= 0.6 is 11.3 Å². The second-order valence-corrected chi connectivity index (χ2v) is 8.56. The molecule has 0 atom stereocenters. The number of para-hydroxylation sites is 2. The summed E-state index contributed by atoms with van der Waals surface area (Å²) < 4.78 is 19.3. The summed E-state index contributed by atoms with van der Waals surface area (Å²) in [5.74, 6) is 2.03. The van der Waals surface area contributed by atoms with Crippen molar-refractivity contribution in [3.05, 3.63) is 92.7 Å². The van der Waals surface area contributed by atoms with Crippen LogP contribution in [0.3, 0.4) is 0 Å². The van der Waals surface area contributed by atoms with E-state index in [9.17, 15) is 4.79 Å². The highest BCUT2D eigenvalue weighted by Gasteiger charge is 2.11. The van der Waals surface area contributed by atoms with Gasteiger partial charge in [0.1, 0.15) is 19.0 Å². The van der Waals surface area contributed by atoms with Gasteiger partial charge >= 0.3 is 0 Å². The zero-order valence-electron chi connectivity index (χ0n) is 18.3. The molecule has 0 spiro atoms. The summed E-state index contributed by atoms with van der Waals surface area (Å²) >= 11 is 1.37. The van der Waals surface area contributed by atoms with Gasteiger partial charge in [-0.05, 0) is 55.0 Å². The first-order chi connectivity index (χ1) is 16.1. The number of imidazole rings is 1. The average molecular weight is 459 g/mol. The predicted molar refractivity (Wildman–Crippen MR) is 131 cm³/mol. The molecule has 0 radical (unpaired) electrons. The number of nitrogens with zero attached hydrogens (tertiary/aromatic N) is 2. The van der Waals surface area contributed by atoms with Gasteiger partial charge in [0.15, 0.2) is 16.5 Å². The number of aromatic nitrogens is 2. The summed E-state index contributed by atoms with van der Waals surface area (Å²) in [6.07, 6.45) is 1.85. The maximum absolute atomic E-state index is 13.0. The number of ether oxygens (including phenoxy) is 3. The molecule has 0 amide bonds. The molecule has 2 heterocycles. The lowest BCUT2D eigenvalue weighted by Gasteiger charge is -2.12. The Bertz CT molecular complexity index is 1540. The van der Waals surface area contributed by atoms with E-state index in [1.807, 2.05) is 79.7 Å². The lowest BCUT2D eigenvalue weighted by atomic mass is 10.2. The summed E-state index contributed by atoms with van der Waals surface area (Å²) in [7, 11) is 1.60. The van der Waals surface area contributed by atoms with Crippen LogP contribution in [0, 0.1) is 6.92 Å². The molecule has 5 aromatic rings. The molecule has 166 valence electrons. The Balaban J connectivity index is 1.33. The molecule has 0 saturated heterocycles. The highest BCUT2D eigenvalue weighted by molar-refractivity contribution is 7.15. The molecule has 0 aliphatic carbocycles. The number of aryl methyl sites for hydroxylation is 1. The lowest BCUT2D eigenvalue weighted by molar-refractivity contribution is 0.211. The molecule has 0 bridgehead atoms. The standard InChI is InChI=1S/C26H22N2O4S/c1-17-7-10-19(11-8-17)31-13-14-32-22-12-9-18(15-23(22)30-2)16-24-25(29)28-21-6-4-3-5-20(21)27-26(28)33-24/h3-12,15-16H,13-14H2,1-2H3/b24-16-. The quantitative estimate of drug-likeness (QED) is 0.342. The fourth-order valence-corrected chi connectivity index (χ4v) is 4.59. The fourth-order valence-electron chi connectivity index (χ4n) is 3.60. The molecule has 0 N–H and O–H groups in total. The second-order valence-electron chi connectivity index (χ2n) is 7.55. The summed E-state index contributed by atoms with van der Waals surface area (Å²) in [6.45, 7) is 2.84. The Labute approximate surface area is 194 Å². The molecule has 33 heavy (non-hydrogen) atoms. The summed E-state index contributed by atoms with van der Waals surface area (Å²) in [5.41, 5.74) is 3.61. The van der Waals surface area contributed by atoms with E-state index >= 15 is 0 Å². The van der Waals surface area contributed by atoms with Crippen molar-refractivity contribution in [3.8, 4) is 17.2 Å². The van der Waals surface area contributed by atoms with Crippen LogP contribution in [0.15, 0.2) is 71.5 Å². The Morgan fingerprint density at radius 2 is 1.76 bits per heavy atom. The van der Waals surface area contributed by atoms with Crippen molar-refractivity contribution >= 4 is 33.4 Å². The van der Waals surface area contributed by atoms with Crippen molar-refractivity contribution in [3.63, 3.8) is 0 Å². The first-order valence-corrected chi connectivity index (χ1v) is 11.4. The van der Waals surface area contributed by atoms with Crippen molar-refractivity contribution in [2.75, 3.05) is 20.3 Å². The Morgan fingerprint density at radius 1 is 0.970 bits per heavy atom. The summed E-state index contributed by atoms with van der Waals surface area (Å²) in [5, 5.41) is 0. The average Bonchev–Trinajstić information content (AvgIpc) is 3.34. The van der Waals surface area contributed by atoms with Crippen molar-refractivity contribution in [1.82, 2.24) is 9.38 Å². The monoisotopic (exact) mass is 458 g/mol. The minimum atomic E-state index is -0.0729. The molecule has 2 aromatic heterocycles. The number of methoxy groups -OCH3 is 1. The van der Waals surface area contributed by atoms with Crippen LogP contribution in [0.4, 0.5) is 0 Å². The number of hydrogen-bond donors (Lipinski definition) is 0. The van der Waals surface area contributed by atoms with Crippen LogP contribution in [0.25, 0.3) is 22.1 Å². The molecule has 3 aromatic carbocycles. The lowest BCUT2D eigenvalue weighted by Crippen LogP contribution is -2.22. The molecule has 0 aliphatic rings. The highest BCUT2D eigenvalue weighted by atomic mass is 32.1. The third-order valence-corrected chi connectivity index (χ3v) is 6.23. The van der Waals surface area contributed by atoms with Crippen molar-refractivity contribution in [1.29, 1.82) is 0 Å². The maximum Gasteiger partial charge on any atom is 0.274 e. The molecule has 0 unspecified atom stereocenters. The third kappa shape index (κ3) is 4.27. The minimum absolute atomic E-state index is 0.0729. The van der Waals surface area contributed by atoms with E-state index in [1.54, 1.807) is 11.5 Å². The Hall–Kier alpha value is -3.84. The van der Waals surface area contributed by atoms with Crippen molar-refractivity contribution in [2.45, 2.75) is 6.92 Å². The van der Waals surface area contributed by atoms with Gasteiger partial charge in [-0.2, -0.15) is 0 Å². The molecule has 0 saturated carbocycles. The normalized spacial score (nSPS) is 11.9. The van der Waals surface area contributed by atoms with Crippen molar-refractivity contribution < 1.29 is 14.2 Å². The van der Waals surface area contributed by atoms with Gasteiger partial charge in [0.05, 0.1) is 22.7 Å². The van der Waals surface area contributed by atoms with Gasteiger partial charge in [-0.1, -0.05) is 47.2 Å². The van der Waals surface area contributed by atoms with E-state index in [1.165, 1.54) is 16.9 Å². The van der Waals surface area contributed by atoms with E-state index in [0.29, 0.717) is 34.2 Å². The van der Waals surface area contributed by atoms with E-state index in [4.69, 9.17) is 14.2 Å². The van der Waals surface area contributed by atoms with Crippen LogP contribution in [-0.4, -0.2) is 29.7 Å². The maximum atomic E-state index is 13.0. The Morgan fingerprint density at radius 3 is 2.58 bits per heavy atom.